The molecule has 1 N–H and O–H groups in total. The van der Waals surface area contributed by atoms with Crippen LogP contribution >= 0.6 is 0 Å². The van der Waals surface area contributed by atoms with E-state index < -0.39 is 0 Å². The molecule has 4 nitrogen and oxygen atoms in total. The number of carbonyl (C=O) groups is 2. The third kappa shape index (κ3) is 10.3. The average Bonchev–Trinajstić information content (AvgIpc) is 2.77. The Hall–Kier alpha value is -2.62. The van der Waals surface area contributed by atoms with Gasteiger partial charge in [-0.2, -0.15) is 0 Å². The molecule has 0 aliphatic heterocycles. The van der Waals surface area contributed by atoms with Crippen LogP contribution in [0.25, 0.3) is 0 Å². The molecule has 0 saturated heterocycles. The highest BCUT2D eigenvalue weighted by atomic mass is 16.5. The summed E-state index contributed by atoms with van der Waals surface area (Å²) in [5.41, 5.74) is 4.18. The van der Waals surface area contributed by atoms with Gasteiger partial charge in [0.25, 0.3) is 0 Å². The lowest BCUT2D eigenvalue weighted by atomic mass is 10.0. The molecule has 0 saturated carbocycles. The van der Waals surface area contributed by atoms with Gasteiger partial charge in [0.2, 0.25) is 5.91 Å². The Labute approximate surface area is 187 Å². The molecule has 0 radical (unpaired) electrons. The molecular weight excluding hydrogens is 386 g/mol. The molecule has 0 unspecified atom stereocenters. The number of amides is 1. The molecular formula is C27H37NO3. The number of hydrogen-bond donors (Lipinski definition) is 1. The van der Waals surface area contributed by atoms with Crippen molar-refractivity contribution in [3.63, 3.8) is 0 Å². The number of nitrogens with one attached hydrogen (secondary N) is 1. The number of aryl methyl sites for hydroxylation is 2. The van der Waals surface area contributed by atoms with Crippen LogP contribution in [-0.4, -0.2) is 18.5 Å². The summed E-state index contributed by atoms with van der Waals surface area (Å²) >= 11 is 0. The summed E-state index contributed by atoms with van der Waals surface area (Å²) in [4.78, 5) is 23.8. The van der Waals surface area contributed by atoms with E-state index in [0.29, 0.717) is 13.0 Å². The van der Waals surface area contributed by atoms with E-state index >= 15 is 0 Å². The minimum atomic E-state index is -0.239. The maximum absolute atomic E-state index is 12.3. The fraction of sp³-hybridized carbons (Fsp3) is 0.481. The van der Waals surface area contributed by atoms with Gasteiger partial charge in [0.15, 0.2) is 0 Å². The molecule has 0 aliphatic rings. The molecule has 2 rings (SSSR count). The van der Waals surface area contributed by atoms with Crippen molar-refractivity contribution in [3.8, 4) is 0 Å². The zero-order chi connectivity index (χ0) is 22.3. The second-order valence-corrected chi connectivity index (χ2v) is 8.06. The summed E-state index contributed by atoms with van der Waals surface area (Å²) < 4.78 is 4.95. The van der Waals surface area contributed by atoms with Gasteiger partial charge in [-0.15, -0.1) is 0 Å². The fourth-order valence-corrected chi connectivity index (χ4v) is 3.55. The smallest absolute Gasteiger partial charge is 0.310 e. The van der Waals surface area contributed by atoms with E-state index in [4.69, 9.17) is 4.74 Å². The first-order valence-corrected chi connectivity index (χ1v) is 11.7. The second kappa shape index (κ2) is 14.4. The van der Waals surface area contributed by atoms with E-state index in [0.717, 1.165) is 24.1 Å². The van der Waals surface area contributed by atoms with Crippen molar-refractivity contribution in [1.29, 1.82) is 0 Å². The number of anilines is 1. The fourth-order valence-electron chi connectivity index (χ4n) is 3.55. The Morgan fingerprint density at radius 1 is 0.742 bits per heavy atom. The Morgan fingerprint density at radius 3 is 1.97 bits per heavy atom. The lowest BCUT2D eigenvalue weighted by Gasteiger charge is -2.08. The van der Waals surface area contributed by atoms with E-state index in [1.54, 1.807) is 6.92 Å². The van der Waals surface area contributed by atoms with Gasteiger partial charge in [0.1, 0.15) is 0 Å². The van der Waals surface area contributed by atoms with Crippen molar-refractivity contribution in [2.24, 2.45) is 0 Å². The van der Waals surface area contributed by atoms with Gasteiger partial charge < -0.3 is 10.1 Å². The van der Waals surface area contributed by atoms with Gasteiger partial charge in [0, 0.05) is 12.1 Å². The summed E-state index contributed by atoms with van der Waals surface area (Å²) in [7, 11) is 0. The van der Waals surface area contributed by atoms with Crippen LogP contribution in [0, 0.1) is 0 Å². The van der Waals surface area contributed by atoms with Crippen LogP contribution in [0.15, 0.2) is 48.5 Å². The molecule has 0 bridgehead atoms. The summed E-state index contributed by atoms with van der Waals surface area (Å²) in [5.74, 6) is -0.244. The van der Waals surface area contributed by atoms with E-state index in [1.165, 1.54) is 49.7 Å². The van der Waals surface area contributed by atoms with Crippen molar-refractivity contribution >= 4 is 17.6 Å². The highest BCUT2D eigenvalue weighted by Crippen LogP contribution is 2.14. The summed E-state index contributed by atoms with van der Waals surface area (Å²) in [6, 6.07) is 16.0. The first-order valence-electron chi connectivity index (χ1n) is 11.7. The first-order chi connectivity index (χ1) is 15.1. The third-order valence-electron chi connectivity index (χ3n) is 5.37. The molecule has 31 heavy (non-hydrogen) atoms. The van der Waals surface area contributed by atoms with Crippen molar-refractivity contribution in [2.45, 2.75) is 78.1 Å². The summed E-state index contributed by atoms with van der Waals surface area (Å²) in [6.07, 6.45) is 10.5. The first kappa shape index (κ1) is 24.6. The maximum atomic E-state index is 12.3. The van der Waals surface area contributed by atoms with Crippen molar-refractivity contribution in [2.75, 3.05) is 11.9 Å². The van der Waals surface area contributed by atoms with E-state index in [2.05, 4.69) is 36.5 Å². The number of carbonyl (C=O) groups excluding carboxylic acids is 2. The molecule has 2 aromatic carbocycles. The van der Waals surface area contributed by atoms with Gasteiger partial charge in [-0.1, -0.05) is 75.4 Å². The minimum Gasteiger partial charge on any atom is -0.466 e. The largest absolute Gasteiger partial charge is 0.466 e. The Kier molecular flexibility index (Phi) is 11.4. The monoisotopic (exact) mass is 423 g/mol. The maximum Gasteiger partial charge on any atom is 0.310 e. The lowest BCUT2D eigenvalue weighted by molar-refractivity contribution is -0.142. The molecule has 1 amide bonds. The van der Waals surface area contributed by atoms with Crippen LogP contribution in [0.5, 0.6) is 0 Å². The van der Waals surface area contributed by atoms with Gasteiger partial charge in [-0.05, 0) is 55.0 Å². The van der Waals surface area contributed by atoms with E-state index in [9.17, 15) is 9.59 Å². The average molecular weight is 424 g/mol. The quantitative estimate of drug-likeness (QED) is 0.288. The Bertz CT molecular complexity index is 781. The molecule has 0 aliphatic carbocycles. The Morgan fingerprint density at radius 2 is 1.32 bits per heavy atom. The second-order valence-electron chi connectivity index (χ2n) is 8.06. The summed E-state index contributed by atoms with van der Waals surface area (Å²) in [5, 5.41) is 2.92. The topological polar surface area (TPSA) is 55.4 Å². The zero-order valence-electron chi connectivity index (χ0n) is 19.1. The molecule has 168 valence electrons. The SMILES string of the molecule is CCCCCCCCc1ccc(CCC(=O)Nc2ccc(CC(=O)OCC)cc2)cc1. The normalized spacial score (nSPS) is 10.6. The number of unbranched alkanes of at least 4 members (excludes halogenated alkanes) is 5. The number of rotatable bonds is 14. The predicted octanol–water partition coefficient (Wildman–Crippen LogP) is 6.27. The molecule has 0 spiro atoms. The number of benzene rings is 2. The van der Waals surface area contributed by atoms with Gasteiger partial charge >= 0.3 is 5.97 Å². The third-order valence-corrected chi connectivity index (χ3v) is 5.37. The molecule has 2 aromatic rings. The van der Waals surface area contributed by atoms with Crippen molar-refractivity contribution in [3.05, 3.63) is 65.2 Å². The van der Waals surface area contributed by atoms with Gasteiger partial charge in [-0.25, -0.2) is 0 Å². The Balaban J connectivity index is 1.68. The minimum absolute atomic E-state index is 0.00528. The van der Waals surface area contributed by atoms with Crippen LogP contribution in [0.1, 0.15) is 75.5 Å². The van der Waals surface area contributed by atoms with Gasteiger partial charge in [0.05, 0.1) is 13.0 Å². The zero-order valence-corrected chi connectivity index (χ0v) is 19.1. The number of hydrogen-bond acceptors (Lipinski definition) is 3. The highest BCUT2D eigenvalue weighted by Gasteiger charge is 2.06. The standard InChI is InChI=1S/C27H37NO3/c1-3-5-6-7-8-9-10-22-11-13-23(14-12-22)17-20-26(29)28-25-18-15-24(16-19-25)21-27(30)31-4-2/h11-16,18-19H,3-10,17,20-21H2,1-2H3,(H,28,29). The van der Waals surface area contributed by atoms with Crippen LogP contribution in [0.2, 0.25) is 0 Å². The number of esters is 1. The predicted molar refractivity (Wildman–Crippen MR) is 127 cm³/mol. The molecule has 0 fully saturated rings. The van der Waals surface area contributed by atoms with E-state index in [-0.39, 0.29) is 18.3 Å². The van der Waals surface area contributed by atoms with Gasteiger partial charge in [-0.3, -0.25) is 9.59 Å². The number of ether oxygens (including phenoxy) is 1. The lowest BCUT2D eigenvalue weighted by Crippen LogP contribution is -2.12. The van der Waals surface area contributed by atoms with Crippen LogP contribution in [0.3, 0.4) is 0 Å². The van der Waals surface area contributed by atoms with E-state index in [1.807, 2.05) is 24.3 Å². The summed E-state index contributed by atoms with van der Waals surface area (Å²) in [6.45, 7) is 4.42. The van der Waals surface area contributed by atoms with Crippen LogP contribution in [-0.2, 0) is 33.6 Å². The van der Waals surface area contributed by atoms with Crippen molar-refractivity contribution < 1.29 is 14.3 Å². The molecule has 4 heteroatoms. The molecule has 0 atom stereocenters. The molecule has 0 aromatic heterocycles. The van der Waals surface area contributed by atoms with Crippen LogP contribution in [0.4, 0.5) is 5.69 Å². The highest BCUT2D eigenvalue weighted by molar-refractivity contribution is 5.90. The van der Waals surface area contributed by atoms with Crippen LogP contribution < -0.4 is 5.32 Å². The van der Waals surface area contributed by atoms with Crippen molar-refractivity contribution in [1.82, 2.24) is 0 Å². The molecule has 0 heterocycles.